The second-order valence-electron chi connectivity index (χ2n) is 4.02. The van der Waals surface area contributed by atoms with Crippen LogP contribution in [0.25, 0.3) is 0 Å². The van der Waals surface area contributed by atoms with Crippen molar-refractivity contribution in [1.29, 1.82) is 0 Å². The smallest absolute Gasteiger partial charge is 0.165 e. The molecule has 4 nitrogen and oxygen atoms in total. The molecule has 0 aliphatic carbocycles. The van der Waals surface area contributed by atoms with Crippen LogP contribution in [-0.4, -0.2) is 41.4 Å². The predicted molar refractivity (Wildman–Crippen MR) is 56.4 cm³/mol. The highest BCUT2D eigenvalue weighted by molar-refractivity contribution is 4.84. The molecular formula is C11H20O4. The van der Waals surface area contributed by atoms with Gasteiger partial charge in [-0.15, -0.1) is 6.58 Å². The lowest BCUT2D eigenvalue weighted by Gasteiger charge is -2.23. The summed E-state index contributed by atoms with van der Waals surface area (Å²) < 4.78 is 10.8. The topological polar surface area (TPSA) is 58.9 Å². The Bertz CT molecular complexity index is 199. The molecule has 0 aromatic heterocycles. The van der Waals surface area contributed by atoms with Gasteiger partial charge in [-0.3, -0.25) is 0 Å². The maximum Gasteiger partial charge on any atom is 0.165 e. The highest BCUT2D eigenvalue weighted by Gasteiger charge is 2.30. The van der Waals surface area contributed by atoms with Gasteiger partial charge in [-0.1, -0.05) is 6.08 Å². The number of aliphatic hydroxyl groups excluding tert-OH is 2. The number of ether oxygens (including phenoxy) is 2. The monoisotopic (exact) mass is 216 g/mol. The van der Waals surface area contributed by atoms with E-state index in [-0.39, 0.29) is 0 Å². The summed E-state index contributed by atoms with van der Waals surface area (Å²) in [5.41, 5.74) is 0. The maximum absolute atomic E-state index is 9.47. The molecule has 0 bridgehead atoms. The van der Waals surface area contributed by atoms with E-state index in [4.69, 9.17) is 9.47 Å². The van der Waals surface area contributed by atoms with Crippen LogP contribution in [0.3, 0.4) is 0 Å². The van der Waals surface area contributed by atoms with E-state index >= 15 is 0 Å². The molecule has 1 aliphatic rings. The summed E-state index contributed by atoms with van der Waals surface area (Å²) >= 11 is 0. The maximum atomic E-state index is 9.47. The Kier molecular flexibility index (Phi) is 4.73. The van der Waals surface area contributed by atoms with E-state index in [9.17, 15) is 10.2 Å². The largest absolute Gasteiger partial charge is 0.390 e. The summed E-state index contributed by atoms with van der Waals surface area (Å²) in [6, 6.07) is 0. The molecule has 15 heavy (non-hydrogen) atoms. The van der Waals surface area contributed by atoms with Crippen LogP contribution in [0.15, 0.2) is 12.7 Å². The fraction of sp³-hybridized carbons (Fsp3) is 0.818. The van der Waals surface area contributed by atoms with Gasteiger partial charge in [-0.25, -0.2) is 0 Å². The molecule has 0 radical (unpaired) electrons. The second-order valence-corrected chi connectivity index (χ2v) is 4.02. The summed E-state index contributed by atoms with van der Waals surface area (Å²) in [7, 11) is 0. The summed E-state index contributed by atoms with van der Waals surface area (Å²) in [5.74, 6) is -0.501. The Morgan fingerprint density at radius 3 is 2.53 bits per heavy atom. The fourth-order valence-corrected chi connectivity index (χ4v) is 1.66. The standard InChI is InChI=1S/C11H20O4/c1-3-9(12)10(13)5-4-6-11(2)14-7-8-15-11/h3,9-10,12-13H,1,4-8H2,2H3/t9-,10+/m0/s1. The van der Waals surface area contributed by atoms with Crippen LogP contribution in [-0.2, 0) is 9.47 Å². The normalized spacial score (nSPS) is 23.7. The van der Waals surface area contributed by atoms with Crippen molar-refractivity contribution in [3.05, 3.63) is 12.7 Å². The molecule has 4 heteroatoms. The van der Waals surface area contributed by atoms with Crippen LogP contribution in [0.2, 0.25) is 0 Å². The van der Waals surface area contributed by atoms with Crippen LogP contribution in [0, 0.1) is 0 Å². The molecule has 0 aromatic carbocycles. The van der Waals surface area contributed by atoms with Crippen molar-refractivity contribution in [3.63, 3.8) is 0 Å². The van der Waals surface area contributed by atoms with E-state index in [1.165, 1.54) is 6.08 Å². The SMILES string of the molecule is C=C[C@H](O)[C@H](O)CCCC1(C)OCCO1. The van der Waals surface area contributed by atoms with Gasteiger partial charge in [0.2, 0.25) is 0 Å². The average Bonchev–Trinajstić information content (AvgIpc) is 2.64. The van der Waals surface area contributed by atoms with E-state index in [2.05, 4.69) is 6.58 Å². The molecule has 2 N–H and O–H groups in total. The molecule has 0 spiro atoms. The summed E-state index contributed by atoms with van der Waals surface area (Å²) in [5, 5.41) is 18.7. The number of hydrogen-bond acceptors (Lipinski definition) is 4. The van der Waals surface area contributed by atoms with Crippen molar-refractivity contribution < 1.29 is 19.7 Å². The molecular weight excluding hydrogens is 196 g/mol. The first-order valence-electron chi connectivity index (χ1n) is 5.34. The average molecular weight is 216 g/mol. The van der Waals surface area contributed by atoms with Crippen molar-refractivity contribution in [1.82, 2.24) is 0 Å². The first-order valence-corrected chi connectivity index (χ1v) is 5.34. The minimum absolute atomic E-state index is 0.501. The zero-order chi connectivity index (χ0) is 11.3. The van der Waals surface area contributed by atoms with Crippen LogP contribution in [0.1, 0.15) is 26.2 Å². The van der Waals surface area contributed by atoms with Crippen molar-refractivity contribution >= 4 is 0 Å². The van der Waals surface area contributed by atoms with E-state index in [1.807, 2.05) is 6.92 Å². The highest BCUT2D eigenvalue weighted by atomic mass is 16.7. The van der Waals surface area contributed by atoms with Gasteiger partial charge < -0.3 is 19.7 Å². The van der Waals surface area contributed by atoms with Gasteiger partial charge in [0.15, 0.2) is 5.79 Å². The summed E-state index contributed by atoms with van der Waals surface area (Å²) in [6.45, 7) is 6.59. The molecule has 1 saturated heterocycles. The molecule has 1 heterocycles. The molecule has 0 saturated carbocycles. The van der Waals surface area contributed by atoms with Crippen molar-refractivity contribution in [3.8, 4) is 0 Å². The lowest BCUT2D eigenvalue weighted by atomic mass is 10.0. The van der Waals surface area contributed by atoms with Crippen LogP contribution < -0.4 is 0 Å². The third kappa shape index (κ3) is 3.91. The molecule has 0 aromatic rings. The Labute approximate surface area is 90.5 Å². The first kappa shape index (κ1) is 12.6. The van der Waals surface area contributed by atoms with Crippen molar-refractivity contribution in [2.75, 3.05) is 13.2 Å². The third-order valence-corrected chi connectivity index (χ3v) is 2.66. The zero-order valence-corrected chi connectivity index (χ0v) is 9.19. The molecule has 1 aliphatic heterocycles. The second kappa shape index (κ2) is 5.61. The predicted octanol–water partition coefficient (Wildman–Crippen LogP) is 0.827. The fourth-order valence-electron chi connectivity index (χ4n) is 1.66. The molecule has 1 rings (SSSR count). The van der Waals surface area contributed by atoms with Crippen LogP contribution in [0.5, 0.6) is 0 Å². The molecule has 88 valence electrons. The van der Waals surface area contributed by atoms with E-state index in [0.29, 0.717) is 19.6 Å². The highest BCUT2D eigenvalue weighted by Crippen LogP contribution is 2.25. The number of aliphatic hydroxyl groups is 2. The van der Waals surface area contributed by atoms with Crippen LogP contribution >= 0.6 is 0 Å². The quantitative estimate of drug-likeness (QED) is 0.646. The van der Waals surface area contributed by atoms with Gasteiger partial charge in [-0.2, -0.15) is 0 Å². The van der Waals surface area contributed by atoms with Crippen LogP contribution in [0.4, 0.5) is 0 Å². The Balaban J connectivity index is 2.17. The van der Waals surface area contributed by atoms with Gasteiger partial charge in [-0.05, 0) is 19.8 Å². The lowest BCUT2D eigenvalue weighted by Crippen LogP contribution is -2.27. The Hall–Kier alpha value is -0.420. The van der Waals surface area contributed by atoms with Gasteiger partial charge in [0, 0.05) is 6.42 Å². The number of hydrogen-bond donors (Lipinski definition) is 2. The minimum Gasteiger partial charge on any atom is -0.390 e. The molecule has 1 fully saturated rings. The van der Waals surface area contributed by atoms with Crippen molar-refractivity contribution in [2.24, 2.45) is 0 Å². The van der Waals surface area contributed by atoms with Gasteiger partial charge >= 0.3 is 0 Å². The van der Waals surface area contributed by atoms with Gasteiger partial charge in [0.05, 0.1) is 25.4 Å². The minimum atomic E-state index is -0.844. The van der Waals surface area contributed by atoms with Gasteiger partial charge in [0.25, 0.3) is 0 Å². The zero-order valence-electron chi connectivity index (χ0n) is 9.19. The van der Waals surface area contributed by atoms with E-state index < -0.39 is 18.0 Å². The first-order chi connectivity index (χ1) is 7.07. The molecule has 0 amide bonds. The van der Waals surface area contributed by atoms with E-state index in [0.717, 1.165) is 12.8 Å². The summed E-state index contributed by atoms with van der Waals surface area (Å²) in [4.78, 5) is 0. The molecule has 0 unspecified atom stereocenters. The molecule has 2 atom stereocenters. The summed E-state index contributed by atoms with van der Waals surface area (Å²) in [6.07, 6.45) is 1.76. The Morgan fingerprint density at radius 1 is 1.40 bits per heavy atom. The van der Waals surface area contributed by atoms with E-state index in [1.54, 1.807) is 0 Å². The third-order valence-electron chi connectivity index (χ3n) is 2.66. The van der Waals surface area contributed by atoms with Gasteiger partial charge in [0.1, 0.15) is 0 Å². The Morgan fingerprint density at radius 2 is 2.00 bits per heavy atom. The lowest BCUT2D eigenvalue weighted by molar-refractivity contribution is -0.148. The number of rotatable bonds is 6. The van der Waals surface area contributed by atoms with Crippen molar-refractivity contribution in [2.45, 2.75) is 44.2 Å².